The van der Waals surface area contributed by atoms with Gasteiger partial charge in [0.25, 0.3) is 0 Å². The number of halogens is 1. The van der Waals surface area contributed by atoms with Crippen LogP contribution in [0.1, 0.15) is 6.42 Å². The van der Waals surface area contributed by atoms with Crippen LogP contribution in [0.2, 0.25) is 0 Å². The lowest BCUT2D eigenvalue weighted by molar-refractivity contribution is 0.488. The summed E-state index contributed by atoms with van der Waals surface area (Å²) in [6.07, 6.45) is 0.547. The highest BCUT2D eigenvalue weighted by molar-refractivity contribution is 9.09. The third-order valence-corrected chi connectivity index (χ3v) is 1.97. The van der Waals surface area contributed by atoms with Gasteiger partial charge in [0.15, 0.2) is 0 Å². The van der Waals surface area contributed by atoms with Crippen molar-refractivity contribution in [3.05, 3.63) is 0 Å². The second kappa shape index (κ2) is 4.39. The Labute approximate surface area is 57.3 Å². The molecule has 8 heavy (non-hydrogen) atoms. The normalized spacial score (nSPS) is 15.6. The Hall–Kier alpha value is 0.500. The van der Waals surface area contributed by atoms with E-state index in [1.807, 2.05) is 0 Å². The lowest BCUT2D eigenvalue weighted by atomic mass is 10.5. The summed E-state index contributed by atoms with van der Waals surface area (Å²) < 4.78 is 10.1. The van der Waals surface area contributed by atoms with Gasteiger partial charge in [-0.1, -0.05) is 15.9 Å². The molecular weight excluding hydrogens is 193 g/mol. The van der Waals surface area contributed by atoms with Crippen LogP contribution in [0.3, 0.4) is 0 Å². The Bertz CT molecular complexity index is 89.4. The average molecular weight is 201 g/mol. The summed E-state index contributed by atoms with van der Waals surface area (Å²) in [6, 6.07) is 0. The van der Waals surface area contributed by atoms with Crippen molar-refractivity contribution in [3.63, 3.8) is 0 Å². The van der Waals surface area contributed by atoms with E-state index in [9.17, 15) is 4.57 Å². The van der Waals surface area contributed by atoms with Gasteiger partial charge in [-0.25, -0.2) is 0 Å². The molecule has 0 bridgehead atoms. The molecule has 2 atom stereocenters. The van der Waals surface area contributed by atoms with Gasteiger partial charge in [0, 0.05) is 11.8 Å². The fourth-order valence-electron chi connectivity index (χ4n) is 0.222. The zero-order chi connectivity index (χ0) is 6.57. The Morgan fingerprint density at radius 1 is 1.88 bits per heavy atom. The molecule has 0 aromatic rings. The van der Waals surface area contributed by atoms with Crippen molar-refractivity contribution in [3.8, 4) is 0 Å². The number of hydrogen-bond acceptors (Lipinski definition) is 2. The smallest absolute Gasteiger partial charge is 0.285 e. The van der Waals surface area contributed by atoms with Crippen molar-refractivity contribution in [1.82, 2.24) is 0 Å². The summed E-state index contributed by atoms with van der Waals surface area (Å²) in [7, 11) is -2.17. The Morgan fingerprint density at radius 2 is 2.38 bits per heavy atom. The number of nitrogens with two attached hydrogens (primary N) is 1. The average Bonchev–Trinajstić information content (AvgIpc) is 1.67. The minimum Gasteiger partial charge on any atom is -0.285 e. The molecule has 0 spiro atoms. The minimum absolute atomic E-state index is 0.547. The van der Waals surface area contributed by atoms with Crippen LogP contribution in [0.15, 0.2) is 0 Å². The fraction of sp³-hybridized carbons (Fsp3) is 1.00. The van der Waals surface area contributed by atoms with Crippen LogP contribution in [0.25, 0.3) is 0 Å². The monoisotopic (exact) mass is 200 g/mol. The highest BCUT2D eigenvalue weighted by atomic mass is 79.9. The molecule has 0 aliphatic rings. The molecule has 0 aliphatic heterocycles. The molecule has 0 aromatic heterocycles. The van der Waals surface area contributed by atoms with Gasteiger partial charge in [-0.15, -0.1) is 0 Å². The van der Waals surface area contributed by atoms with Gasteiger partial charge in [0.05, 0.1) is 0 Å². The summed E-state index contributed by atoms with van der Waals surface area (Å²) in [5, 5.41) is 0.676. The van der Waals surface area contributed by atoms with Crippen LogP contribution < -0.4 is 5.73 Å². The zero-order valence-corrected chi connectivity index (χ0v) is 6.73. The maximum atomic E-state index is 10.1. The van der Waals surface area contributed by atoms with Gasteiger partial charge in [-0.05, 0) is 4.57 Å². The van der Waals surface area contributed by atoms with E-state index >= 15 is 0 Å². The van der Waals surface area contributed by atoms with E-state index in [-0.39, 0.29) is 0 Å². The van der Waals surface area contributed by atoms with Crippen LogP contribution in [0.5, 0.6) is 0 Å². The van der Waals surface area contributed by atoms with E-state index in [0.717, 1.165) is 0 Å². The molecule has 0 aliphatic carbocycles. The Morgan fingerprint density at radius 3 is 2.50 bits per heavy atom. The summed E-state index contributed by atoms with van der Waals surface area (Å²) in [4.78, 5) is 8.32. The lowest BCUT2D eigenvalue weighted by Crippen LogP contribution is -2.14. The third-order valence-electron chi connectivity index (χ3n) is 0.689. The summed E-state index contributed by atoms with van der Waals surface area (Å²) in [5.74, 6) is -0.565. The molecule has 2 unspecified atom stereocenters. The van der Waals surface area contributed by atoms with E-state index in [1.165, 1.54) is 0 Å². The van der Waals surface area contributed by atoms with E-state index in [4.69, 9.17) is 10.6 Å². The first-order valence-corrected chi connectivity index (χ1v) is 4.55. The second-order valence-electron chi connectivity index (χ2n) is 1.35. The Balaban J connectivity index is 3.32. The summed E-state index contributed by atoms with van der Waals surface area (Å²) in [5.41, 5.74) is 5.16. The molecule has 0 saturated heterocycles. The third kappa shape index (κ3) is 3.50. The van der Waals surface area contributed by atoms with Crippen LogP contribution in [0.4, 0.5) is 0 Å². The van der Waals surface area contributed by atoms with E-state index < -0.39 is 13.8 Å². The first-order chi connectivity index (χ1) is 3.68. The highest BCUT2D eigenvalue weighted by Gasteiger charge is 2.21. The highest BCUT2D eigenvalue weighted by Crippen LogP contribution is 2.20. The van der Waals surface area contributed by atoms with E-state index in [0.29, 0.717) is 11.8 Å². The summed E-state index contributed by atoms with van der Waals surface area (Å²) in [6.45, 7) is 0. The van der Waals surface area contributed by atoms with Gasteiger partial charge in [-0.3, -0.25) is 5.73 Å². The number of rotatable bonds is 3. The molecule has 0 amide bonds. The predicted molar refractivity (Wildman–Crippen MR) is 36.2 cm³/mol. The maximum absolute atomic E-state index is 10.1. The molecule has 0 aromatic carbocycles. The largest absolute Gasteiger partial charge is 0.524 e. The van der Waals surface area contributed by atoms with E-state index in [1.54, 1.807) is 0 Å². The molecule has 0 heterocycles. The molecule has 0 rings (SSSR count). The van der Waals surface area contributed by atoms with Crippen LogP contribution in [-0.2, 0) is 4.57 Å². The number of alkyl halides is 1. The van der Waals surface area contributed by atoms with Crippen molar-refractivity contribution in [1.29, 1.82) is 0 Å². The maximum Gasteiger partial charge on any atom is 0.524 e. The van der Waals surface area contributed by atoms with Crippen LogP contribution in [-0.4, -0.2) is 16.0 Å². The lowest BCUT2D eigenvalue weighted by Gasteiger charge is -1.89. The van der Waals surface area contributed by atoms with Crippen molar-refractivity contribution in [2.24, 2.45) is 5.73 Å². The Kier molecular flexibility index (Phi) is 4.66. The second-order valence-corrected chi connectivity index (χ2v) is 3.41. The molecule has 48 valence electrons. The molecule has 3 N–H and O–H groups in total. The first-order valence-electron chi connectivity index (χ1n) is 2.15. The van der Waals surface area contributed by atoms with Crippen molar-refractivity contribution >= 4 is 24.0 Å². The van der Waals surface area contributed by atoms with Crippen LogP contribution >= 0.6 is 24.0 Å². The van der Waals surface area contributed by atoms with Gasteiger partial charge < -0.3 is 0 Å². The van der Waals surface area contributed by atoms with Crippen LogP contribution in [0, 0.1) is 0 Å². The van der Waals surface area contributed by atoms with Gasteiger partial charge in [0.2, 0.25) is 5.78 Å². The zero-order valence-electron chi connectivity index (χ0n) is 4.25. The van der Waals surface area contributed by atoms with E-state index in [2.05, 4.69) is 15.9 Å². The van der Waals surface area contributed by atoms with Crippen molar-refractivity contribution in [2.45, 2.75) is 12.2 Å². The molecule has 5 heteroatoms. The topological polar surface area (TPSA) is 63.3 Å². The van der Waals surface area contributed by atoms with Gasteiger partial charge >= 0.3 is 8.03 Å². The SMILES string of the molecule is NC(CCBr)[P+](=O)O. The van der Waals surface area contributed by atoms with Gasteiger partial charge in [0.1, 0.15) is 0 Å². The van der Waals surface area contributed by atoms with Gasteiger partial charge in [-0.2, -0.15) is 4.89 Å². The molecule has 0 saturated carbocycles. The fourth-order valence-corrected chi connectivity index (χ4v) is 1.42. The number of hydrogen-bond donors (Lipinski definition) is 2. The van der Waals surface area contributed by atoms with Crippen molar-refractivity contribution in [2.75, 3.05) is 5.33 Å². The standard InChI is InChI=1S/C3H7BrNO2P/c4-2-1-3(5)8(6)7/h3H,1-2,5H2/p+1. The molecule has 3 nitrogen and oxygen atoms in total. The first kappa shape index (κ1) is 8.50. The predicted octanol–water partition coefficient (Wildman–Crippen LogP) is 0.791. The molecular formula is C3H8BrNO2P+. The summed E-state index contributed by atoms with van der Waals surface area (Å²) >= 11 is 3.10. The van der Waals surface area contributed by atoms with Crippen molar-refractivity contribution < 1.29 is 9.46 Å². The molecule has 0 radical (unpaired) electrons. The minimum atomic E-state index is -2.17. The molecule has 0 fully saturated rings. The quantitative estimate of drug-likeness (QED) is 0.524.